The largest absolute Gasteiger partial charge is 0.439 e. The van der Waals surface area contributed by atoms with Gasteiger partial charge in [-0.2, -0.15) is 5.10 Å². The standard InChI is InChI=1S/C12H13ClN4O/c1-7-10(11(14)15)12(17(2)16-7)18-9-5-3-8(13)4-6-9/h3-6H,1-2H3,(H3,14,15). The van der Waals surface area contributed by atoms with Gasteiger partial charge in [0.15, 0.2) is 0 Å². The molecule has 0 atom stereocenters. The second kappa shape index (κ2) is 4.70. The van der Waals surface area contributed by atoms with Gasteiger partial charge in [0.05, 0.1) is 5.69 Å². The number of benzene rings is 1. The van der Waals surface area contributed by atoms with Crippen molar-refractivity contribution in [2.75, 3.05) is 0 Å². The molecule has 0 spiro atoms. The number of nitrogen functional groups attached to an aromatic ring is 1. The van der Waals surface area contributed by atoms with Crippen LogP contribution in [0.15, 0.2) is 24.3 Å². The van der Waals surface area contributed by atoms with Crippen molar-refractivity contribution in [1.82, 2.24) is 9.78 Å². The van der Waals surface area contributed by atoms with E-state index in [0.29, 0.717) is 27.9 Å². The first-order chi connectivity index (χ1) is 8.49. The number of amidine groups is 1. The van der Waals surface area contributed by atoms with E-state index >= 15 is 0 Å². The second-order valence-corrected chi connectivity index (χ2v) is 4.30. The number of hydrogen-bond donors (Lipinski definition) is 2. The van der Waals surface area contributed by atoms with Crippen LogP contribution in [0.25, 0.3) is 0 Å². The highest BCUT2D eigenvalue weighted by molar-refractivity contribution is 6.30. The maximum Gasteiger partial charge on any atom is 0.228 e. The molecule has 1 aromatic heterocycles. The molecule has 0 aliphatic carbocycles. The first-order valence-corrected chi connectivity index (χ1v) is 5.68. The topological polar surface area (TPSA) is 76.9 Å². The van der Waals surface area contributed by atoms with Crippen LogP contribution in [-0.4, -0.2) is 15.6 Å². The Morgan fingerprint density at radius 1 is 1.39 bits per heavy atom. The minimum atomic E-state index is -0.0652. The van der Waals surface area contributed by atoms with Gasteiger partial charge in [-0.1, -0.05) is 11.6 Å². The molecule has 0 amide bonds. The number of ether oxygens (including phenoxy) is 1. The lowest BCUT2D eigenvalue weighted by Gasteiger charge is -2.08. The Morgan fingerprint density at radius 3 is 2.56 bits per heavy atom. The van der Waals surface area contributed by atoms with Gasteiger partial charge in [0.1, 0.15) is 17.1 Å². The van der Waals surface area contributed by atoms with Gasteiger partial charge in [0.2, 0.25) is 5.88 Å². The van der Waals surface area contributed by atoms with Crippen molar-refractivity contribution in [3.05, 3.63) is 40.5 Å². The predicted octanol–water partition coefficient (Wildman–Crippen LogP) is 2.46. The van der Waals surface area contributed by atoms with Crippen LogP contribution >= 0.6 is 11.6 Å². The zero-order chi connectivity index (χ0) is 13.3. The number of aromatic nitrogens is 2. The minimum absolute atomic E-state index is 0.0652. The Kier molecular flexibility index (Phi) is 3.25. The van der Waals surface area contributed by atoms with E-state index < -0.39 is 0 Å². The lowest BCUT2D eigenvalue weighted by molar-refractivity contribution is 0.430. The molecule has 5 nitrogen and oxygen atoms in total. The Balaban J connectivity index is 2.39. The molecule has 0 aliphatic rings. The monoisotopic (exact) mass is 264 g/mol. The average Bonchev–Trinajstić information content (AvgIpc) is 2.57. The molecule has 0 saturated carbocycles. The van der Waals surface area contributed by atoms with E-state index in [1.165, 1.54) is 0 Å². The smallest absolute Gasteiger partial charge is 0.228 e. The molecule has 2 aromatic rings. The molecular weight excluding hydrogens is 252 g/mol. The molecule has 2 rings (SSSR count). The highest BCUT2D eigenvalue weighted by Gasteiger charge is 2.17. The van der Waals surface area contributed by atoms with Gasteiger partial charge >= 0.3 is 0 Å². The summed E-state index contributed by atoms with van der Waals surface area (Å²) in [5, 5.41) is 12.4. The lowest BCUT2D eigenvalue weighted by atomic mass is 10.2. The molecule has 1 aromatic carbocycles. The molecule has 0 unspecified atom stereocenters. The Morgan fingerprint density at radius 2 is 2.00 bits per heavy atom. The normalized spacial score (nSPS) is 10.4. The van der Waals surface area contributed by atoms with E-state index in [-0.39, 0.29) is 5.84 Å². The first kappa shape index (κ1) is 12.4. The predicted molar refractivity (Wildman–Crippen MR) is 70.5 cm³/mol. The van der Waals surface area contributed by atoms with Gasteiger partial charge in [-0.25, -0.2) is 4.68 Å². The summed E-state index contributed by atoms with van der Waals surface area (Å²) in [4.78, 5) is 0. The Labute approximate surface area is 110 Å². The number of rotatable bonds is 3. The molecule has 0 saturated heterocycles. The highest BCUT2D eigenvalue weighted by atomic mass is 35.5. The second-order valence-electron chi connectivity index (χ2n) is 3.86. The molecule has 18 heavy (non-hydrogen) atoms. The zero-order valence-corrected chi connectivity index (χ0v) is 10.8. The summed E-state index contributed by atoms with van der Waals surface area (Å²) < 4.78 is 7.25. The summed E-state index contributed by atoms with van der Waals surface area (Å²) in [5.74, 6) is 0.997. The number of nitrogens with one attached hydrogen (secondary N) is 1. The van der Waals surface area contributed by atoms with E-state index in [0.717, 1.165) is 0 Å². The molecule has 0 bridgehead atoms. The summed E-state index contributed by atoms with van der Waals surface area (Å²) >= 11 is 5.80. The third-order valence-electron chi connectivity index (χ3n) is 2.47. The number of nitrogens with zero attached hydrogens (tertiary/aromatic N) is 2. The number of nitrogens with two attached hydrogens (primary N) is 1. The van der Waals surface area contributed by atoms with Crippen LogP contribution in [0.5, 0.6) is 11.6 Å². The summed E-state index contributed by atoms with van der Waals surface area (Å²) in [6.07, 6.45) is 0. The third-order valence-corrected chi connectivity index (χ3v) is 2.72. The SMILES string of the molecule is Cc1nn(C)c(Oc2ccc(Cl)cc2)c1C(=N)N. The maximum absolute atomic E-state index is 7.55. The Hall–Kier alpha value is -2.01. The van der Waals surface area contributed by atoms with E-state index in [1.54, 1.807) is 42.9 Å². The van der Waals surface area contributed by atoms with Crippen molar-refractivity contribution in [2.24, 2.45) is 12.8 Å². The zero-order valence-electron chi connectivity index (χ0n) is 10.1. The third kappa shape index (κ3) is 2.31. The van der Waals surface area contributed by atoms with Crippen LogP contribution in [0.4, 0.5) is 0 Å². The van der Waals surface area contributed by atoms with E-state index in [4.69, 9.17) is 27.5 Å². The van der Waals surface area contributed by atoms with Gasteiger partial charge in [0, 0.05) is 12.1 Å². The molecule has 94 valence electrons. The maximum atomic E-state index is 7.55. The van der Waals surface area contributed by atoms with Gasteiger partial charge < -0.3 is 10.5 Å². The van der Waals surface area contributed by atoms with Gasteiger partial charge in [-0.05, 0) is 31.2 Å². The quantitative estimate of drug-likeness (QED) is 0.660. The van der Waals surface area contributed by atoms with Crippen LogP contribution in [-0.2, 0) is 7.05 Å². The molecule has 6 heteroatoms. The van der Waals surface area contributed by atoms with Gasteiger partial charge in [0.25, 0.3) is 0 Å². The van der Waals surface area contributed by atoms with Crippen molar-refractivity contribution in [3.8, 4) is 11.6 Å². The number of halogens is 1. The van der Waals surface area contributed by atoms with Crippen molar-refractivity contribution in [1.29, 1.82) is 5.41 Å². The van der Waals surface area contributed by atoms with Crippen molar-refractivity contribution >= 4 is 17.4 Å². The summed E-state index contributed by atoms with van der Waals surface area (Å²) in [7, 11) is 1.74. The number of hydrogen-bond acceptors (Lipinski definition) is 3. The molecule has 0 aliphatic heterocycles. The summed E-state index contributed by atoms with van der Waals surface area (Å²) in [5.41, 5.74) is 6.70. The fraction of sp³-hybridized carbons (Fsp3) is 0.167. The van der Waals surface area contributed by atoms with E-state index in [9.17, 15) is 0 Å². The van der Waals surface area contributed by atoms with Gasteiger partial charge in [-0.15, -0.1) is 0 Å². The summed E-state index contributed by atoms with van der Waals surface area (Å²) in [6.45, 7) is 1.78. The molecule has 1 heterocycles. The van der Waals surface area contributed by atoms with Crippen LogP contribution in [0.3, 0.4) is 0 Å². The molecule has 0 radical (unpaired) electrons. The highest BCUT2D eigenvalue weighted by Crippen LogP contribution is 2.27. The molecule has 0 fully saturated rings. The Bertz CT molecular complexity index is 589. The van der Waals surface area contributed by atoms with Crippen LogP contribution in [0.1, 0.15) is 11.3 Å². The fourth-order valence-corrected chi connectivity index (χ4v) is 1.80. The van der Waals surface area contributed by atoms with Crippen molar-refractivity contribution in [2.45, 2.75) is 6.92 Å². The first-order valence-electron chi connectivity index (χ1n) is 5.30. The minimum Gasteiger partial charge on any atom is -0.439 e. The molecule has 3 N–H and O–H groups in total. The van der Waals surface area contributed by atoms with Gasteiger partial charge in [-0.3, -0.25) is 5.41 Å². The van der Waals surface area contributed by atoms with E-state index in [2.05, 4.69) is 5.10 Å². The summed E-state index contributed by atoms with van der Waals surface area (Å²) in [6, 6.07) is 6.95. The van der Waals surface area contributed by atoms with Crippen LogP contribution < -0.4 is 10.5 Å². The van der Waals surface area contributed by atoms with Crippen LogP contribution in [0.2, 0.25) is 5.02 Å². The average molecular weight is 265 g/mol. The number of aryl methyl sites for hydroxylation is 2. The van der Waals surface area contributed by atoms with E-state index in [1.807, 2.05) is 0 Å². The van der Waals surface area contributed by atoms with Crippen molar-refractivity contribution < 1.29 is 4.74 Å². The lowest BCUT2D eigenvalue weighted by Crippen LogP contribution is -2.13. The molecular formula is C12H13ClN4O. The fourth-order valence-electron chi connectivity index (χ4n) is 1.68. The van der Waals surface area contributed by atoms with Crippen LogP contribution in [0, 0.1) is 12.3 Å². The van der Waals surface area contributed by atoms with Crippen molar-refractivity contribution in [3.63, 3.8) is 0 Å².